The van der Waals surface area contributed by atoms with Gasteiger partial charge in [0.25, 0.3) is 5.78 Å². The normalized spacial score (nSPS) is 10.8. The average molecular weight is 275 g/mol. The van der Waals surface area contributed by atoms with Crippen LogP contribution in [0.3, 0.4) is 0 Å². The lowest BCUT2D eigenvalue weighted by atomic mass is 10.3. The van der Waals surface area contributed by atoms with Crippen molar-refractivity contribution in [2.75, 3.05) is 11.9 Å². The van der Waals surface area contributed by atoms with Crippen molar-refractivity contribution in [1.82, 2.24) is 24.6 Å². The monoisotopic (exact) mass is 274 g/mol. The summed E-state index contributed by atoms with van der Waals surface area (Å²) in [6.07, 6.45) is 4.05. The second kappa shape index (κ2) is 5.19. The third-order valence-electron chi connectivity index (χ3n) is 2.63. The summed E-state index contributed by atoms with van der Waals surface area (Å²) in [5, 5.41) is 7.74. The zero-order valence-electron chi connectivity index (χ0n) is 9.99. The topological polar surface area (TPSA) is 68.0 Å². The van der Waals surface area contributed by atoms with E-state index in [1.54, 1.807) is 16.8 Å². The van der Waals surface area contributed by atoms with Crippen LogP contribution in [-0.2, 0) is 6.42 Å². The van der Waals surface area contributed by atoms with Crippen LogP contribution in [0.5, 0.6) is 0 Å². The van der Waals surface area contributed by atoms with Crippen molar-refractivity contribution in [3.8, 4) is 0 Å². The molecule has 1 N–H and O–H groups in total. The Morgan fingerprint density at radius 1 is 1.26 bits per heavy atom. The van der Waals surface area contributed by atoms with Gasteiger partial charge in [0.2, 0.25) is 0 Å². The maximum atomic E-state index is 5.93. The lowest BCUT2D eigenvalue weighted by Gasteiger charge is -2.07. The highest BCUT2D eigenvalue weighted by molar-refractivity contribution is 6.29. The van der Waals surface area contributed by atoms with Gasteiger partial charge < -0.3 is 5.32 Å². The van der Waals surface area contributed by atoms with Gasteiger partial charge in [-0.3, -0.25) is 4.98 Å². The van der Waals surface area contributed by atoms with Gasteiger partial charge in [0.05, 0.1) is 0 Å². The van der Waals surface area contributed by atoms with Crippen LogP contribution < -0.4 is 5.32 Å². The SMILES string of the molecule is Clc1cc(NCCc2ccccn2)n2ncnc2n1. The number of aromatic nitrogens is 5. The number of hydrogen-bond donors (Lipinski definition) is 1. The molecule has 3 aromatic heterocycles. The number of rotatable bonds is 4. The van der Waals surface area contributed by atoms with Gasteiger partial charge in [-0.05, 0) is 12.1 Å². The zero-order valence-corrected chi connectivity index (χ0v) is 10.7. The molecular weight excluding hydrogens is 264 g/mol. The molecule has 3 rings (SSSR count). The van der Waals surface area contributed by atoms with Gasteiger partial charge in [-0.2, -0.15) is 19.6 Å². The van der Waals surface area contributed by atoms with Crippen LogP contribution in [0.1, 0.15) is 5.69 Å². The summed E-state index contributed by atoms with van der Waals surface area (Å²) in [6.45, 7) is 0.728. The van der Waals surface area contributed by atoms with Crippen LogP contribution in [0.15, 0.2) is 36.8 Å². The summed E-state index contributed by atoms with van der Waals surface area (Å²) < 4.78 is 1.62. The largest absolute Gasteiger partial charge is 0.369 e. The second-order valence-corrected chi connectivity index (χ2v) is 4.32. The molecule has 0 radical (unpaired) electrons. The maximum Gasteiger partial charge on any atom is 0.255 e. The fourth-order valence-electron chi connectivity index (χ4n) is 1.77. The molecule has 0 aliphatic heterocycles. The van der Waals surface area contributed by atoms with Crippen molar-refractivity contribution >= 4 is 23.2 Å². The Morgan fingerprint density at radius 2 is 2.21 bits per heavy atom. The lowest BCUT2D eigenvalue weighted by Crippen LogP contribution is -2.10. The summed E-state index contributed by atoms with van der Waals surface area (Å²) in [7, 11) is 0. The quantitative estimate of drug-likeness (QED) is 0.735. The first-order valence-corrected chi connectivity index (χ1v) is 6.21. The fraction of sp³-hybridized carbons (Fsp3) is 0.167. The Bertz CT molecular complexity index is 681. The molecule has 0 bridgehead atoms. The molecule has 0 aliphatic rings. The number of pyridine rings is 1. The molecule has 0 aromatic carbocycles. The molecular formula is C12H11ClN6. The minimum Gasteiger partial charge on any atom is -0.369 e. The first kappa shape index (κ1) is 11.9. The molecule has 0 aliphatic carbocycles. The summed E-state index contributed by atoms with van der Waals surface area (Å²) in [6, 6.07) is 7.59. The predicted octanol–water partition coefficient (Wildman–Crippen LogP) is 1.83. The minimum absolute atomic E-state index is 0.390. The van der Waals surface area contributed by atoms with Gasteiger partial charge in [-0.25, -0.2) is 0 Å². The molecule has 3 aromatic rings. The molecule has 0 atom stereocenters. The van der Waals surface area contributed by atoms with Gasteiger partial charge in [0, 0.05) is 30.9 Å². The van der Waals surface area contributed by atoms with Crippen LogP contribution in [0.2, 0.25) is 5.15 Å². The minimum atomic E-state index is 0.390. The van der Waals surface area contributed by atoms with Gasteiger partial charge in [0.15, 0.2) is 0 Å². The summed E-state index contributed by atoms with van der Waals surface area (Å²) in [5.74, 6) is 1.25. The fourth-order valence-corrected chi connectivity index (χ4v) is 1.95. The third-order valence-corrected chi connectivity index (χ3v) is 2.83. The van der Waals surface area contributed by atoms with Crippen molar-refractivity contribution in [2.24, 2.45) is 0 Å². The van der Waals surface area contributed by atoms with E-state index in [0.717, 1.165) is 24.5 Å². The first-order chi connectivity index (χ1) is 9.33. The highest BCUT2D eigenvalue weighted by Crippen LogP contribution is 2.14. The van der Waals surface area contributed by atoms with E-state index in [0.29, 0.717) is 10.9 Å². The smallest absolute Gasteiger partial charge is 0.255 e. The van der Waals surface area contributed by atoms with Crippen molar-refractivity contribution in [3.63, 3.8) is 0 Å². The highest BCUT2D eigenvalue weighted by Gasteiger charge is 2.05. The number of hydrogen-bond acceptors (Lipinski definition) is 5. The molecule has 0 fully saturated rings. The third kappa shape index (κ3) is 2.63. The van der Waals surface area contributed by atoms with Crippen molar-refractivity contribution in [2.45, 2.75) is 6.42 Å². The van der Waals surface area contributed by atoms with E-state index in [2.05, 4.69) is 25.4 Å². The van der Waals surface area contributed by atoms with E-state index in [1.165, 1.54) is 6.33 Å². The molecule has 19 heavy (non-hydrogen) atoms. The highest BCUT2D eigenvalue weighted by atomic mass is 35.5. The maximum absolute atomic E-state index is 5.93. The Labute approximate surface area is 114 Å². The molecule has 6 nitrogen and oxygen atoms in total. The van der Waals surface area contributed by atoms with E-state index in [9.17, 15) is 0 Å². The van der Waals surface area contributed by atoms with Crippen LogP contribution >= 0.6 is 11.6 Å². The summed E-state index contributed by atoms with van der Waals surface area (Å²) >= 11 is 5.93. The Hall–Kier alpha value is -2.21. The van der Waals surface area contributed by atoms with E-state index in [1.807, 2.05) is 18.2 Å². The zero-order chi connectivity index (χ0) is 13.1. The van der Waals surface area contributed by atoms with Crippen LogP contribution in [-0.4, -0.2) is 31.1 Å². The van der Waals surface area contributed by atoms with Gasteiger partial charge in [-0.15, -0.1) is 0 Å². The number of anilines is 1. The average Bonchev–Trinajstić information content (AvgIpc) is 2.88. The van der Waals surface area contributed by atoms with Gasteiger partial charge >= 0.3 is 0 Å². The molecule has 96 valence electrons. The molecule has 0 amide bonds. The Balaban J connectivity index is 1.73. The van der Waals surface area contributed by atoms with Crippen LogP contribution in [0, 0.1) is 0 Å². The molecule has 7 heteroatoms. The molecule has 0 spiro atoms. The first-order valence-electron chi connectivity index (χ1n) is 5.83. The number of fused-ring (bicyclic) bond motifs is 1. The molecule has 0 unspecified atom stereocenters. The van der Waals surface area contributed by atoms with E-state index in [4.69, 9.17) is 11.6 Å². The summed E-state index contributed by atoms with van der Waals surface area (Å²) in [5.41, 5.74) is 1.03. The molecule has 0 saturated carbocycles. The standard InChI is InChI=1S/C12H11ClN6/c13-10-7-11(19-12(18-10)16-8-17-19)15-6-4-9-3-1-2-5-14-9/h1-3,5,7-8,15H,4,6H2. The molecule has 0 saturated heterocycles. The Morgan fingerprint density at radius 3 is 3.05 bits per heavy atom. The lowest BCUT2D eigenvalue weighted by molar-refractivity contribution is 0.900. The van der Waals surface area contributed by atoms with Crippen molar-refractivity contribution in [3.05, 3.63) is 47.6 Å². The number of nitrogens with one attached hydrogen (secondary N) is 1. The van der Waals surface area contributed by atoms with Crippen LogP contribution in [0.4, 0.5) is 5.82 Å². The number of nitrogens with zero attached hydrogens (tertiary/aromatic N) is 5. The van der Waals surface area contributed by atoms with E-state index >= 15 is 0 Å². The Kier molecular flexibility index (Phi) is 3.24. The van der Waals surface area contributed by atoms with Crippen molar-refractivity contribution in [1.29, 1.82) is 0 Å². The van der Waals surface area contributed by atoms with Crippen molar-refractivity contribution < 1.29 is 0 Å². The summed E-state index contributed by atoms with van der Waals surface area (Å²) in [4.78, 5) is 12.3. The number of halogens is 1. The van der Waals surface area contributed by atoms with E-state index < -0.39 is 0 Å². The molecule has 3 heterocycles. The second-order valence-electron chi connectivity index (χ2n) is 3.93. The van der Waals surface area contributed by atoms with Gasteiger partial charge in [0.1, 0.15) is 17.3 Å². The van der Waals surface area contributed by atoms with Gasteiger partial charge in [-0.1, -0.05) is 17.7 Å². The van der Waals surface area contributed by atoms with Crippen LogP contribution in [0.25, 0.3) is 5.78 Å². The predicted molar refractivity (Wildman–Crippen MR) is 72.2 cm³/mol. The van der Waals surface area contributed by atoms with E-state index in [-0.39, 0.29) is 0 Å².